The van der Waals surface area contributed by atoms with Crippen molar-refractivity contribution in [2.75, 3.05) is 5.73 Å². The van der Waals surface area contributed by atoms with Crippen LogP contribution in [0.3, 0.4) is 0 Å². The number of para-hydroxylation sites is 1. The van der Waals surface area contributed by atoms with Gasteiger partial charge in [-0.25, -0.2) is 9.97 Å². The topological polar surface area (TPSA) is 80.5 Å². The number of thiazole rings is 1. The van der Waals surface area contributed by atoms with E-state index in [1.54, 1.807) is 17.4 Å². The molecule has 0 spiro atoms. The first-order chi connectivity index (χ1) is 9.69. The lowest BCUT2D eigenvalue weighted by atomic mass is 10.2. The number of anilines is 1. The molecule has 100 valence electrons. The molecule has 0 aliphatic heterocycles. The Hall–Kier alpha value is -2.39. The second-order valence-electron chi connectivity index (χ2n) is 4.51. The summed E-state index contributed by atoms with van der Waals surface area (Å²) in [5.41, 5.74) is 9.15. The minimum absolute atomic E-state index is 0.439. The Morgan fingerprint density at radius 3 is 2.95 bits per heavy atom. The lowest BCUT2D eigenvalue weighted by Crippen LogP contribution is -2.05. The molecule has 0 radical (unpaired) electrons. The number of rotatable bonds is 3. The van der Waals surface area contributed by atoms with Crippen LogP contribution in [0.5, 0.6) is 0 Å². The van der Waals surface area contributed by atoms with E-state index in [9.17, 15) is 0 Å². The van der Waals surface area contributed by atoms with Crippen LogP contribution < -0.4 is 5.73 Å². The van der Waals surface area contributed by atoms with Crippen LogP contribution in [0, 0.1) is 18.3 Å². The van der Waals surface area contributed by atoms with Crippen LogP contribution >= 0.6 is 11.3 Å². The number of nitriles is 1. The van der Waals surface area contributed by atoms with Crippen LogP contribution in [-0.4, -0.2) is 14.5 Å². The maximum absolute atomic E-state index is 9.10. The van der Waals surface area contributed by atoms with Gasteiger partial charge in [0.15, 0.2) is 0 Å². The summed E-state index contributed by atoms with van der Waals surface area (Å²) in [6.07, 6.45) is 0.802. The van der Waals surface area contributed by atoms with Crippen molar-refractivity contribution in [3.05, 3.63) is 39.8 Å². The molecule has 0 fully saturated rings. The molecule has 20 heavy (non-hydrogen) atoms. The van der Waals surface area contributed by atoms with E-state index < -0.39 is 0 Å². The van der Waals surface area contributed by atoms with E-state index in [0.717, 1.165) is 22.6 Å². The summed E-state index contributed by atoms with van der Waals surface area (Å²) in [6, 6.07) is 7.69. The van der Waals surface area contributed by atoms with E-state index in [-0.39, 0.29) is 0 Å². The van der Waals surface area contributed by atoms with E-state index in [1.165, 1.54) is 0 Å². The van der Waals surface area contributed by atoms with E-state index in [2.05, 4.69) is 21.4 Å². The summed E-state index contributed by atoms with van der Waals surface area (Å²) < 4.78 is 1.94. The number of fused-ring (bicyclic) bond motifs is 1. The summed E-state index contributed by atoms with van der Waals surface area (Å²) >= 11 is 1.65. The third-order valence-corrected chi connectivity index (χ3v) is 4.01. The lowest BCUT2D eigenvalue weighted by Gasteiger charge is -2.04. The van der Waals surface area contributed by atoms with Crippen LogP contribution in [0.4, 0.5) is 5.95 Å². The molecule has 3 rings (SSSR count). The summed E-state index contributed by atoms with van der Waals surface area (Å²) in [7, 11) is 0. The zero-order valence-electron chi connectivity index (χ0n) is 11.0. The molecule has 0 saturated heterocycles. The molecule has 0 amide bonds. The second-order valence-corrected chi connectivity index (χ2v) is 5.58. The fourth-order valence-corrected chi connectivity index (χ4v) is 2.89. The Labute approximate surface area is 120 Å². The first-order valence-electron chi connectivity index (χ1n) is 6.25. The van der Waals surface area contributed by atoms with Gasteiger partial charge in [-0.1, -0.05) is 6.07 Å². The van der Waals surface area contributed by atoms with Gasteiger partial charge in [0.05, 0.1) is 21.8 Å². The molecule has 2 N–H and O–H groups in total. The highest BCUT2D eigenvalue weighted by atomic mass is 32.1. The van der Waals surface area contributed by atoms with E-state index in [0.29, 0.717) is 23.6 Å². The number of aromatic nitrogens is 3. The number of nitrogens with two attached hydrogens (primary N) is 1. The quantitative estimate of drug-likeness (QED) is 0.800. The molecule has 0 atom stereocenters. The SMILES string of the molecule is Cc1nc(CCn2c(N)nc3c(C#N)cccc32)cs1. The Morgan fingerprint density at radius 2 is 2.25 bits per heavy atom. The number of nitrogen functional groups attached to an aromatic ring is 1. The van der Waals surface area contributed by atoms with Crippen molar-refractivity contribution in [3.8, 4) is 6.07 Å². The average Bonchev–Trinajstić information content (AvgIpc) is 2.99. The molecule has 0 saturated carbocycles. The van der Waals surface area contributed by atoms with Crippen molar-refractivity contribution in [2.45, 2.75) is 19.9 Å². The second kappa shape index (κ2) is 4.94. The molecule has 2 aromatic heterocycles. The summed E-state index contributed by atoms with van der Waals surface area (Å²) in [5.74, 6) is 0.439. The van der Waals surface area contributed by atoms with Crippen molar-refractivity contribution in [1.82, 2.24) is 14.5 Å². The lowest BCUT2D eigenvalue weighted by molar-refractivity contribution is 0.715. The maximum atomic E-state index is 9.10. The predicted octanol–water partition coefficient (Wildman–Crippen LogP) is 2.50. The zero-order chi connectivity index (χ0) is 14.1. The van der Waals surface area contributed by atoms with Gasteiger partial charge in [0, 0.05) is 18.3 Å². The number of imidazole rings is 1. The smallest absolute Gasteiger partial charge is 0.201 e. The standard InChI is InChI=1S/C14H13N5S/c1-9-17-11(8-20-9)5-6-19-12-4-2-3-10(7-15)13(12)18-14(19)16/h2-4,8H,5-6H2,1H3,(H2,16,18). The number of benzene rings is 1. The fraction of sp³-hybridized carbons (Fsp3) is 0.214. The first-order valence-corrected chi connectivity index (χ1v) is 7.13. The molecule has 1 aromatic carbocycles. The normalized spacial score (nSPS) is 10.8. The molecule has 6 heteroatoms. The Balaban J connectivity index is 1.95. The largest absolute Gasteiger partial charge is 0.369 e. The summed E-state index contributed by atoms with van der Waals surface area (Å²) in [4.78, 5) is 8.75. The van der Waals surface area contributed by atoms with Crippen LogP contribution in [0.15, 0.2) is 23.6 Å². The number of nitrogens with zero attached hydrogens (tertiary/aromatic N) is 4. The molecular weight excluding hydrogens is 270 g/mol. The molecular formula is C14H13N5S. The van der Waals surface area contributed by atoms with Crippen molar-refractivity contribution < 1.29 is 0 Å². The van der Waals surface area contributed by atoms with Crippen LogP contribution in [0.2, 0.25) is 0 Å². The van der Waals surface area contributed by atoms with Gasteiger partial charge in [0.2, 0.25) is 5.95 Å². The Kier molecular flexibility index (Phi) is 3.12. The summed E-state index contributed by atoms with van der Waals surface area (Å²) in [6.45, 7) is 2.70. The van der Waals surface area contributed by atoms with Crippen molar-refractivity contribution in [2.24, 2.45) is 0 Å². The van der Waals surface area contributed by atoms with Crippen molar-refractivity contribution in [1.29, 1.82) is 5.26 Å². The van der Waals surface area contributed by atoms with E-state index in [1.807, 2.05) is 23.6 Å². The molecule has 5 nitrogen and oxygen atoms in total. The Morgan fingerprint density at radius 1 is 1.40 bits per heavy atom. The minimum atomic E-state index is 0.439. The molecule has 0 bridgehead atoms. The van der Waals surface area contributed by atoms with Crippen LogP contribution in [0.25, 0.3) is 11.0 Å². The molecule has 0 aliphatic rings. The van der Waals surface area contributed by atoms with Crippen LogP contribution in [-0.2, 0) is 13.0 Å². The molecule has 3 aromatic rings. The first kappa shape index (κ1) is 12.6. The van der Waals surface area contributed by atoms with Gasteiger partial charge < -0.3 is 10.3 Å². The Bertz CT molecular complexity index is 809. The number of hydrogen-bond donors (Lipinski definition) is 1. The van der Waals surface area contributed by atoms with E-state index >= 15 is 0 Å². The summed E-state index contributed by atoms with van der Waals surface area (Å²) in [5, 5.41) is 12.2. The fourth-order valence-electron chi connectivity index (χ4n) is 2.24. The number of hydrogen-bond acceptors (Lipinski definition) is 5. The average molecular weight is 283 g/mol. The third kappa shape index (κ3) is 2.12. The van der Waals surface area contributed by atoms with Gasteiger partial charge in [-0.15, -0.1) is 11.3 Å². The molecule has 0 aliphatic carbocycles. The highest BCUT2D eigenvalue weighted by molar-refractivity contribution is 7.09. The van der Waals surface area contributed by atoms with Gasteiger partial charge in [-0.2, -0.15) is 5.26 Å². The van der Waals surface area contributed by atoms with E-state index in [4.69, 9.17) is 11.0 Å². The molecule has 0 unspecified atom stereocenters. The molecule has 2 heterocycles. The predicted molar refractivity (Wildman–Crippen MR) is 79.4 cm³/mol. The van der Waals surface area contributed by atoms with Gasteiger partial charge in [0.25, 0.3) is 0 Å². The van der Waals surface area contributed by atoms with Gasteiger partial charge in [-0.3, -0.25) is 0 Å². The van der Waals surface area contributed by atoms with Crippen LogP contribution in [0.1, 0.15) is 16.3 Å². The van der Waals surface area contributed by atoms with Crippen molar-refractivity contribution in [3.63, 3.8) is 0 Å². The van der Waals surface area contributed by atoms with Crippen molar-refractivity contribution >= 4 is 28.3 Å². The number of aryl methyl sites for hydroxylation is 3. The third-order valence-electron chi connectivity index (χ3n) is 3.19. The highest BCUT2D eigenvalue weighted by Gasteiger charge is 2.11. The van der Waals surface area contributed by atoms with Gasteiger partial charge >= 0.3 is 0 Å². The van der Waals surface area contributed by atoms with Gasteiger partial charge in [-0.05, 0) is 19.1 Å². The van der Waals surface area contributed by atoms with Gasteiger partial charge in [0.1, 0.15) is 11.6 Å². The highest BCUT2D eigenvalue weighted by Crippen LogP contribution is 2.21. The maximum Gasteiger partial charge on any atom is 0.201 e. The minimum Gasteiger partial charge on any atom is -0.369 e. The monoisotopic (exact) mass is 283 g/mol. The zero-order valence-corrected chi connectivity index (χ0v) is 11.8.